The highest BCUT2D eigenvalue weighted by molar-refractivity contribution is 7.53. The van der Waals surface area contributed by atoms with Gasteiger partial charge in [-0.1, -0.05) is 83.8 Å². The summed E-state index contributed by atoms with van der Waals surface area (Å²) in [5, 5.41) is 0. The molecule has 0 heterocycles. The molecule has 0 amide bonds. The second-order valence-electron chi connectivity index (χ2n) is 8.63. The molecule has 0 aromatic carbocycles. The number of hydrogen-bond donors (Lipinski definition) is 1. The zero-order valence-corrected chi connectivity index (χ0v) is 19.7. The van der Waals surface area contributed by atoms with E-state index in [9.17, 15) is 9.46 Å². The summed E-state index contributed by atoms with van der Waals surface area (Å²) >= 11 is 0. The first-order valence-electron chi connectivity index (χ1n) is 11.2. The number of allylic oxidation sites excluding steroid dienone is 1. The largest absolute Gasteiger partial charge is 0.385 e. The van der Waals surface area contributed by atoms with E-state index in [-0.39, 0.29) is 5.78 Å². The van der Waals surface area contributed by atoms with Gasteiger partial charge in [0, 0.05) is 6.42 Å². The van der Waals surface area contributed by atoms with E-state index in [1.165, 1.54) is 64.2 Å². The van der Waals surface area contributed by atoms with Gasteiger partial charge < -0.3 is 13.9 Å². The van der Waals surface area contributed by atoms with Gasteiger partial charge in [-0.25, -0.2) is 0 Å². The lowest BCUT2D eigenvalue weighted by Crippen LogP contribution is -2.44. The van der Waals surface area contributed by atoms with Crippen LogP contribution in [0.1, 0.15) is 97.3 Å². The molecule has 4 nitrogen and oxygen atoms in total. The summed E-state index contributed by atoms with van der Waals surface area (Å²) in [6, 6.07) is 0. The molecule has 2 unspecified atom stereocenters. The summed E-state index contributed by atoms with van der Waals surface area (Å²) in [4.78, 5) is 10.2. The van der Waals surface area contributed by atoms with Crippen LogP contribution in [0.5, 0.6) is 0 Å². The van der Waals surface area contributed by atoms with Gasteiger partial charge in [0.2, 0.25) is 0 Å². The molecule has 0 spiro atoms. The van der Waals surface area contributed by atoms with E-state index >= 15 is 0 Å². The predicted octanol–water partition coefficient (Wildman–Crippen LogP) is 6.89. The van der Waals surface area contributed by atoms with Crippen LogP contribution in [0.25, 0.3) is 0 Å². The monoisotopic (exact) mass is 404 g/mol. The van der Waals surface area contributed by atoms with Gasteiger partial charge >= 0.3 is 7.60 Å². The summed E-state index contributed by atoms with van der Waals surface area (Å²) in [7, 11) is 2.24. The van der Waals surface area contributed by atoms with Crippen LogP contribution < -0.4 is 0 Å². The fraction of sp³-hybridized carbons (Fsp3) is 0.909. The molecule has 0 rings (SSSR count). The average molecular weight is 405 g/mol. The minimum Gasteiger partial charge on any atom is -0.320 e. The molecule has 2 atom stereocenters. The third-order valence-electron chi connectivity index (χ3n) is 5.09. The van der Waals surface area contributed by atoms with Gasteiger partial charge in [0.1, 0.15) is 0 Å². The van der Waals surface area contributed by atoms with Gasteiger partial charge in [0.25, 0.3) is 0 Å². The molecule has 0 aliphatic rings. The summed E-state index contributed by atoms with van der Waals surface area (Å²) < 4.78 is 18.2. The van der Waals surface area contributed by atoms with Crippen molar-refractivity contribution >= 4 is 7.60 Å². The van der Waals surface area contributed by atoms with E-state index < -0.39 is 7.60 Å². The Balaban J connectivity index is 3.64. The Morgan fingerprint density at radius 2 is 1.33 bits per heavy atom. The number of hydrogen-bond acceptors (Lipinski definition) is 2. The second-order valence-corrected chi connectivity index (χ2v) is 10.6. The van der Waals surface area contributed by atoms with Crippen molar-refractivity contribution in [1.29, 1.82) is 0 Å². The maximum Gasteiger partial charge on any atom is 0.385 e. The van der Waals surface area contributed by atoms with Gasteiger partial charge in [-0.05, 0) is 19.3 Å². The van der Waals surface area contributed by atoms with Crippen LogP contribution in [0, 0.1) is 0 Å². The van der Waals surface area contributed by atoms with Gasteiger partial charge in [0.15, 0.2) is 5.78 Å². The quantitative estimate of drug-likeness (QED) is 0.117. The first-order valence-corrected chi connectivity index (χ1v) is 12.8. The molecule has 27 heavy (non-hydrogen) atoms. The molecule has 0 aromatic rings. The molecule has 5 heteroatoms. The van der Waals surface area contributed by atoms with Gasteiger partial charge in [0.05, 0.1) is 27.7 Å². The first kappa shape index (κ1) is 26.9. The van der Waals surface area contributed by atoms with E-state index in [0.29, 0.717) is 23.9 Å². The summed E-state index contributed by atoms with van der Waals surface area (Å²) in [5.74, 6) is -0.367. The Labute approximate surface area is 169 Å². The summed E-state index contributed by atoms with van der Waals surface area (Å²) in [6.45, 7) is 4.52. The van der Waals surface area contributed by atoms with Crippen molar-refractivity contribution in [3.05, 3.63) is 12.2 Å². The van der Waals surface area contributed by atoms with Crippen molar-refractivity contribution in [3.8, 4) is 0 Å². The molecule has 0 radical (unpaired) electrons. The molecule has 162 valence electrons. The van der Waals surface area contributed by atoms with Crippen molar-refractivity contribution in [2.24, 2.45) is 0 Å². The van der Waals surface area contributed by atoms with Crippen molar-refractivity contribution in [3.63, 3.8) is 0 Å². The number of unbranched alkanes of at least 4 members (excludes halogenated alkanes) is 10. The highest BCUT2D eigenvalue weighted by Crippen LogP contribution is 2.51. The van der Waals surface area contributed by atoms with Crippen molar-refractivity contribution < 1.29 is 18.5 Å². The van der Waals surface area contributed by atoms with Gasteiger partial charge in [-0.15, -0.1) is 0 Å². The summed E-state index contributed by atoms with van der Waals surface area (Å²) in [5.41, 5.74) is 0. The van der Waals surface area contributed by atoms with E-state index in [1.807, 2.05) is 28.1 Å². The maximum atomic E-state index is 12.4. The smallest absolute Gasteiger partial charge is 0.320 e. The Morgan fingerprint density at radius 1 is 0.852 bits per heavy atom. The average Bonchev–Trinajstić information content (AvgIpc) is 2.57. The van der Waals surface area contributed by atoms with Crippen LogP contribution in [0.2, 0.25) is 0 Å². The fourth-order valence-corrected chi connectivity index (χ4v) is 5.42. The fourth-order valence-electron chi connectivity index (χ4n) is 3.54. The zero-order chi connectivity index (χ0) is 20.6. The Kier molecular flexibility index (Phi) is 15.6. The topological polar surface area (TPSA) is 46.5 Å². The second kappa shape index (κ2) is 15.7. The molecule has 0 aliphatic carbocycles. The maximum absolute atomic E-state index is 12.4. The molecule has 1 N–H and O–H groups in total. The van der Waals surface area contributed by atoms with Gasteiger partial charge in [-0.2, -0.15) is 0 Å². The van der Waals surface area contributed by atoms with Crippen LogP contribution >= 0.6 is 7.60 Å². The SMILES string of the molecule is CCCCCCCCCCCC/C=C\CCOP(=O)(O)C(CC)[N+](C)(C)C. The van der Waals surface area contributed by atoms with E-state index in [4.69, 9.17) is 4.52 Å². The minimum absolute atomic E-state index is 0.318. The molecular weight excluding hydrogens is 357 g/mol. The van der Waals surface area contributed by atoms with Crippen molar-refractivity contribution in [1.82, 2.24) is 0 Å². The number of quaternary nitrogens is 1. The number of rotatable bonds is 18. The third kappa shape index (κ3) is 14.5. The first-order chi connectivity index (χ1) is 12.8. The molecule has 0 aromatic heterocycles. The molecule has 0 saturated heterocycles. The zero-order valence-electron chi connectivity index (χ0n) is 18.8. The van der Waals surface area contributed by atoms with Crippen LogP contribution in [0.3, 0.4) is 0 Å². The standard InChI is InChI=1S/C22H46NO3P/c1-6-8-9-10-11-12-13-14-15-16-17-18-19-20-21-26-27(24,25)22(7-2)23(3,4)5/h18-19,22H,6-17,20-21H2,1-5H3/p+1/b19-18-. The lowest BCUT2D eigenvalue weighted by molar-refractivity contribution is -0.883. The van der Waals surface area contributed by atoms with E-state index in [0.717, 1.165) is 6.42 Å². The highest BCUT2D eigenvalue weighted by atomic mass is 31.2. The van der Waals surface area contributed by atoms with Gasteiger partial charge in [-0.3, -0.25) is 4.57 Å². The van der Waals surface area contributed by atoms with Crippen LogP contribution in [0.4, 0.5) is 0 Å². The summed E-state index contributed by atoms with van der Waals surface area (Å²) in [6.07, 6.45) is 20.3. The molecule has 0 bridgehead atoms. The highest BCUT2D eigenvalue weighted by Gasteiger charge is 2.41. The molecule has 0 aliphatic heterocycles. The molecular formula is C22H47NO3P+. The van der Waals surface area contributed by atoms with E-state index in [1.54, 1.807) is 0 Å². The minimum atomic E-state index is -3.57. The van der Waals surface area contributed by atoms with Crippen LogP contribution in [0.15, 0.2) is 12.2 Å². The predicted molar refractivity (Wildman–Crippen MR) is 118 cm³/mol. The Hall–Kier alpha value is -0.150. The lowest BCUT2D eigenvalue weighted by atomic mass is 10.1. The van der Waals surface area contributed by atoms with Crippen LogP contribution in [-0.2, 0) is 9.09 Å². The number of nitrogens with zero attached hydrogens (tertiary/aromatic N) is 1. The normalized spacial score (nSPS) is 15.9. The molecule has 0 fully saturated rings. The Morgan fingerprint density at radius 3 is 1.81 bits per heavy atom. The van der Waals surface area contributed by atoms with Crippen molar-refractivity contribution in [2.75, 3.05) is 27.7 Å². The lowest BCUT2D eigenvalue weighted by Gasteiger charge is -2.35. The molecule has 0 saturated carbocycles. The Bertz CT molecular complexity index is 418. The van der Waals surface area contributed by atoms with E-state index in [2.05, 4.69) is 19.1 Å². The van der Waals surface area contributed by atoms with Crippen molar-refractivity contribution in [2.45, 2.75) is 103 Å². The van der Waals surface area contributed by atoms with Crippen LogP contribution in [-0.4, -0.2) is 42.9 Å². The third-order valence-corrected chi connectivity index (χ3v) is 7.45.